The number of carboxylic acids is 1. The summed E-state index contributed by atoms with van der Waals surface area (Å²) in [6, 6.07) is 1.37. The smallest absolute Gasteiger partial charge is 0.422 e. The van der Waals surface area contributed by atoms with Crippen molar-refractivity contribution >= 4 is 39.0 Å². The summed E-state index contributed by atoms with van der Waals surface area (Å²) in [5.41, 5.74) is 5.72. The number of carboxylic acid groups (broad SMARTS) is 1. The molecule has 4 heterocycles. The zero-order valence-corrected chi connectivity index (χ0v) is 15.9. The fourth-order valence-electron chi connectivity index (χ4n) is 3.53. The first kappa shape index (κ1) is 20.0. The number of nitrogens with two attached hydrogens (primary N) is 1. The maximum Gasteiger partial charge on any atom is 0.422 e. The van der Waals surface area contributed by atoms with Crippen LogP contribution in [0.15, 0.2) is 6.07 Å². The van der Waals surface area contributed by atoms with Gasteiger partial charge in [-0.2, -0.15) is 13.2 Å². The van der Waals surface area contributed by atoms with Crippen LogP contribution in [0.5, 0.6) is 5.75 Å². The number of anilines is 2. The molecule has 3 N–H and O–H groups in total. The topological polar surface area (TPSA) is 107 Å². The summed E-state index contributed by atoms with van der Waals surface area (Å²) in [6.07, 6.45) is -3.39. The second kappa shape index (κ2) is 7.18. The number of carbonyl (C=O) groups is 1. The molecule has 29 heavy (non-hydrogen) atoms. The highest BCUT2D eigenvalue weighted by molar-refractivity contribution is 7.21. The van der Waals surface area contributed by atoms with Crippen molar-refractivity contribution in [3.8, 4) is 5.75 Å². The Morgan fingerprint density at radius 1 is 1.34 bits per heavy atom. The molecule has 8 nitrogen and oxygen atoms in total. The van der Waals surface area contributed by atoms with Gasteiger partial charge in [0.25, 0.3) is 0 Å². The Morgan fingerprint density at radius 2 is 2.00 bits per heavy atom. The fraction of sp³-hybridized carbons (Fsp3) is 0.529. The van der Waals surface area contributed by atoms with Gasteiger partial charge in [0.1, 0.15) is 21.3 Å². The van der Waals surface area contributed by atoms with Crippen LogP contribution in [0.25, 0.3) is 10.2 Å². The van der Waals surface area contributed by atoms with E-state index in [0.29, 0.717) is 45.0 Å². The quantitative estimate of drug-likeness (QED) is 0.758. The van der Waals surface area contributed by atoms with E-state index in [1.54, 1.807) is 0 Å². The Bertz CT molecular complexity index is 933. The second-order valence-corrected chi connectivity index (χ2v) is 7.81. The van der Waals surface area contributed by atoms with Crippen molar-refractivity contribution in [2.75, 3.05) is 43.5 Å². The van der Waals surface area contributed by atoms with Gasteiger partial charge in [-0.25, -0.2) is 9.78 Å². The number of pyridine rings is 1. The summed E-state index contributed by atoms with van der Waals surface area (Å²) in [7, 11) is 0. The molecule has 1 spiro atoms. The lowest BCUT2D eigenvalue weighted by Crippen LogP contribution is -2.45. The number of rotatable bonds is 4. The number of nitrogen functional groups attached to an aromatic ring is 1. The van der Waals surface area contributed by atoms with Crippen molar-refractivity contribution in [2.24, 2.45) is 0 Å². The molecule has 12 heteroatoms. The average Bonchev–Trinajstić information content (AvgIpc) is 3.24. The lowest BCUT2D eigenvalue weighted by molar-refractivity contribution is -0.169. The monoisotopic (exact) mass is 433 g/mol. The first-order valence-corrected chi connectivity index (χ1v) is 9.68. The van der Waals surface area contributed by atoms with Gasteiger partial charge in [0.2, 0.25) is 0 Å². The number of halogens is 3. The molecule has 2 aromatic heterocycles. The van der Waals surface area contributed by atoms with Crippen LogP contribution in [-0.2, 0) is 9.47 Å². The number of thiophene rings is 1. The van der Waals surface area contributed by atoms with Crippen LogP contribution >= 0.6 is 11.3 Å². The number of piperidine rings is 1. The van der Waals surface area contributed by atoms with Crippen molar-refractivity contribution < 1.29 is 37.3 Å². The molecule has 0 radical (unpaired) electrons. The van der Waals surface area contributed by atoms with Crippen molar-refractivity contribution in [1.82, 2.24) is 4.98 Å². The largest absolute Gasteiger partial charge is 0.483 e. The number of ether oxygens (including phenoxy) is 3. The summed E-state index contributed by atoms with van der Waals surface area (Å²) in [5, 5.41) is 9.38. The van der Waals surface area contributed by atoms with Crippen LogP contribution in [0.1, 0.15) is 22.5 Å². The molecular weight excluding hydrogens is 415 g/mol. The Morgan fingerprint density at radius 3 is 2.59 bits per heavy atom. The number of fused-ring (bicyclic) bond motifs is 1. The summed E-state index contributed by atoms with van der Waals surface area (Å²) in [6.45, 7) is 0.583. The number of hydrogen-bond donors (Lipinski definition) is 2. The highest BCUT2D eigenvalue weighted by Gasteiger charge is 2.40. The van der Waals surface area contributed by atoms with Crippen LogP contribution < -0.4 is 15.4 Å². The highest BCUT2D eigenvalue weighted by atomic mass is 32.1. The molecule has 2 aliphatic heterocycles. The van der Waals surface area contributed by atoms with E-state index in [9.17, 15) is 23.1 Å². The van der Waals surface area contributed by atoms with E-state index in [0.717, 1.165) is 11.3 Å². The first-order valence-electron chi connectivity index (χ1n) is 8.86. The molecule has 0 saturated carbocycles. The van der Waals surface area contributed by atoms with Crippen LogP contribution in [0.4, 0.5) is 24.7 Å². The molecule has 0 unspecified atom stereocenters. The standard InChI is InChI=1S/C17H18F3N3O5S/c18-17(19,20)8-26-9-7-10(22-14-11(9)12(21)13(29-14)15(24)25)23-3-1-16(2-4-23)27-5-6-28-16/h7H,1-6,8,21H2,(H,24,25). The SMILES string of the molecule is Nc1c(C(=O)O)sc2nc(N3CCC4(CC3)OCCO4)cc(OCC(F)(F)F)c12. The maximum atomic E-state index is 12.7. The minimum absolute atomic E-state index is 0.0799. The Hall–Kier alpha value is -2.31. The molecule has 0 amide bonds. The zero-order valence-electron chi connectivity index (χ0n) is 15.1. The van der Waals surface area contributed by atoms with E-state index in [1.807, 2.05) is 4.90 Å². The third-order valence-electron chi connectivity index (χ3n) is 4.90. The lowest BCUT2D eigenvalue weighted by atomic mass is 10.0. The van der Waals surface area contributed by atoms with Gasteiger partial charge in [-0.3, -0.25) is 0 Å². The van der Waals surface area contributed by atoms with Crippen LogP contribution in [-0.4, -0.2) is 60.9 Å². The number of hydrogen-bond acceptors (Lipinski definition) is 8. The Kier molecular flexibility index (Phi) is 4.95. The number of aromatic carboxylic acids is 1. The van der Waals surface area contributed by atoms with E-state index in [-0.39, 0.29) is 26.5 Å². The predicted molar refractivity (Wildman–Crippen MR) is 98.6 cm³/mol. The van der Waals surface area contributed by atoms with E-state index < -0.39 is 24.5 Å². The normalized spacial score (nSPS) is 19.2. The summed E-state index contributed by atoms with van der Waals surface area (Å²) in [4.78, 5) is 17.7. The molecule has 0 aromatic carbocycles. The number of nitrogens with zero attached hydrogens (tertiary/aromatic N) is 2. The molecule has 2 aliphatic rings. The summed E-state index contributed by atoms with van der Waals surface area (Å²) < 4.78 is 54.4. The van der Waals surface area contributed by atoms with E-state index in [2.05, 4.69) is 4.98 Å². The van der Waals surface area contributed by atoms with Crippen LogP contribution in [0.2, 0.25) is 0 Å². The minimum Gasteiger partial charge on any atom is -0.483 e. The molecular formula is C17H18F3N3O5S. The number of alkyl halides is 3. The fourth-order valence-corrected chi connectivity index (χ4v) is 4.47. The van der Waals surface area contributed by atoms with Crippen LogP contribution in [0, 0.1) is 0 Å². The molecule has 0 aliphatic carbocycles. The van der Waals surface area contributed by atoms with Gasteiger partial charge in [-0.05, 0) is 0 Å². The van der Waals surface area contributed by atoms with E-state index in [4.69, 9.17) is 19.9 Å². The van der Waals surface area contributed by atoms with Gasteiger partial charge >= 0.3 is 12.1 Å². The van der Waals surface area contributed by atoms with Crippen molar-refractivity contribution in [3.63, 3.8) is 0 Å². The molecule has 158 valence electrons. The van der Waals surface area contributed by atoms with Crippen molar-refractivity contribution in [2.45, 2.75) is 24.8 Å². The molecule has 4 rings (SSSR count). The molecule has 0 atom stereocenters. The van der Waals surface area contributed by atoms with E-state index in [1.165, 1.54) is 6.07 Å². The number of aromatic nitrogens is 1. The Labute approximate surface area is 167 Å². The maximum absolute atomic E-state index is 12.7. The van der Waals surface area contributed by atoms with Crippen LogP contribution in [0.3, 0.4) is 0 Å². The van der Waals surface area contributed by atoms with Crippen molar-refractivity contribution in [1.29, 1.82) is 0 Å². The highest BCUT2D eigenvalue weighted by Crippen LogP contribution is 2.42. The predicted octanol–water partition coefficient (Wildman–Crippen LogP) is 2.86. The third-order valence-corrected chi connectivity index (χ3v) is 5.99. The molecule has 2 saturated heterocycles. The average molecular weight is 433 g/mol. The van der Waals surface area contributed by atoms with Gasteiger partial charge in [0.05, 0.1) is 24.3 Å². The minimum atomic E-state index is -4.55. The molecule has 2 aromatic rings. The molecule has 0 bridgehead atoms. The second-order valence-electron chi connectivity index (χ2n) is 6.81. The van der Waals surface area contributed by atoms with Gasteiger partial charge < -0.3 is 30.0 Å². The van der Waals surface area contributed by atoms with Gasteiger partial charge in [-0.15, -0.1) is 11.3 Å². The zero-order chi connectivity index (χ0) is 20.8. The third kappa shape index (κ3) is 3.91. The van der Waals surface area contributed by atoms with E-state index >= 15 is 0 Å². The van der Waals surface area contributed by atoms with Gasteiger partial charge in [-0.1, -0.05) is 0 Å². The van der Waals surface area contributed by atoms with Gasteiger partial charge in [0, 0.05) is 32.0 Å². The summed E-state index contributed by atoms with van der Waals surface area (Å²) in [5.74, 6) is -1.64. The summed E-state index contributed by atoms with van der Waals surface area (Å²) >= 11 is 0.804. The molecule has 2 fully saturated rings. The Balaban J connectivity index is 1.68. The van der Waals surface area contributed by atoms with Gasteiger partial charge in [0.15, 0.2) is 12.4 Å². The first-order chi connectivity index (χ1) is 13.7. The van der Waals surface area contributed by atoms with Crippen molar-refractivity contribution in [3.05, 3.63) is 10.9 Å². The lowest BCUT2D eigenvalue weighted by Gasteiger charge is -2.38.